The zero-order chi connectivity index (χ0) is 14.3. The Balaban J connectivity index is 2.51. The van der Waals surface area contributed by atoms with Crippen LogP contribution >= 0.6 is 0 Å². The van der Waals surface area contributed by atoms with Crippen molar-refractivity contribution < 1.29 is 14.2 Å². The lowest BCUT2D eigenvalue weighted by molar-refractivity contribution is -0.384. The molecule has 0 aromatic heterocycles. The lowest BCUT2D eigenvalue weighted by Crippen LogP contribution is -2.31. The molecule has 0 fully saturated rings. The van der Waals surface area contributed by atoms with Gasteiger partial charge in [-0.15, -0.1) is 0 Å². The number of rotatable bonds is 8. The van der Waals surface area contributed by atoms with Crippen molar-refractivity contribution in [2.45, 2.75) is 24.3 Å². The number of nitro groups is 1. The molecule has 6 nitrogen and oxygen atoms in total. The molecule has 0 aliphatic carbocycles. The van der Waals surface area contributed by atoms with Gasteiger partial charge in [0.25, 0.3) is 5.69 Å². The summed E-state index contributed by atoms with van der Waals surface area (Å²) in [6.45, 7) is 3.22. The van der Waals surface area contributed by atoms with E-state index in [9.17, 15) is 19.4 Å². The summed E-state index contributed by atoms with van der Waals surface area (Å²) < 4.78 is 11.9. The summed E-state index contributed by atoms with van der Waals surface area (Å²) in [6.07, 6.45) is 0.278. The Morgan fingerprint density at radius 1 is 1.42 bits per heavy atom. The molecule has 0 bridgehead atoms. The molecule has 0 aliphatic heterocycles. The average Bonchev–Trinajstić information content (AvgIpc) is 2.39. The van der Waals surface area contributed by atoms with Crippen molar-refractivity contribution in [2.75, 3.05) is 18.8 Å². The standard InChI is InChI=1S/C12H18N2O4S/c1-2-7-13-8-11(15)9-19(18)12-5-3-10(4-6-12)14(16)17/h3-6,11,13,15H,2,7-9H2,1H3. The predicted octanol–water partition coefficient (Wildman–Crippen LogP) is 1.06. The van der Waals surface area contributed by atoms with Gasteiger partial charge in [-0.05, 0) is 25.1 Å². The van der Waals surface area contributed by atoms with Crippen LogP contribution in [0.1, 0.15) is 13.3 Å². The van der Waals surface area contributed by atoms with E-state index >= 15 is 0 Å². The van der Waals surface area contributed by atoms with E-state index in [1.807, 2.05) is 6.92 Å². The van der Waals surface area contributed by atoms with Crippen molar-refractivity contribution in [1.29, 1.82) is 0 Å². The van der Waals surface area contributed by atoms with E-state index in [4.69, 9.17) is 0 Å². The Morgan fingerprint density at radius 2 is 2.05 bits per heavy atom. The molecule has 2 atom stereocenters. The predicted molar refractivity (Wildman–Crippen MR) is 73.5 cm³/mol. The largest absolute Gasteiger partial charge is 0.391 e. The van der Waals surface area contributed by atoms with Crippen molar-refractivity contribution in [1.82, 2.24) is 5.32 Å². The molecule has 2 N–H and O–H groups in total. The summed E-state index contributed by atoms with van der Waals surface area (Å²) in [7, 11) is -1.35. The Bertz CT molecular complexity index is 436. The number of nitrogens with zero attached hydrogens (tertiary/aromatic N) is 1. The second-order valence-corrected chi connectivity index (χ2v) is 5.62. The third-order valence-electron chi connectivity index (χ3n) is 2.46. The number of benzene rings is 1. The van der Waals surface area contributed by atoms with E-state index in [0.717, 1.165) is 13.0 Å². The number of hydrogen-bond acceptors (Lipinski definition) is 5. The number of non-ortho nitro benzene ring substituents is 1. The zero-order valence-corrected chi connectivity index (χ0v) is 11.6. The number of nitrogens with one attached hydrogen (secondary N) is 1. The van der Waals surface area contributed by atoms with Crippen LogP contribution in [0, 0.1) is 10.1 Å². The van der Waals surface area contributed by atoms with Crippen molar-refractivity contribution in [2.24, 2.45) is 0 Å². The lowest BCUT2D eigenvalue weighted by atomic mass is 10.3. The topological polar surface area (TPSA) is 92.5 Å². The van der Waals surface area contributed by atoms with Gasteiger partial charge in [0.2, 0.25) is 0 Å². The van der Waals surface area contributed by atoms with Crippen LogP contribution in [-0.2, 0) is 10.8 Å². The maximum Gasteiger partial charge on any atom is 0.269 e. The maximum atomic E-state index is 11.9. The Hall–Kier alpha value is -1.31. The smallest absolute Gasteiger partial charge is 0.269 e. The second kappa shape index (κ2) is 7.98. The molecule has 19 heavy (non-hydrogen) atoms. The molecule has 106 valence electrons. The molecule has 0 saturated heterocycles. The van der Waals surface area contributed by atoms with Crippen molar-refractivity contribution >= 4 is 16.5 Å². The van der Waals surface area contributed by atoms with Crippen LogP contribution in [0.5, 0.6) is 0 Å². The summed E-state index contributed by atoms with van der Waals surface area (Å²) in [5, 5.41) is 23.2. The highest BCUT2D eigenvalue weighted by molar-refractivity contribution is 7.85. The molecule has 1 aromatic carbocycles. The summed E-state index contributed by atoms with van der Waals surface area (Å²) >= 11 is 0. The first-order chi connectivity index (χ1) is 9.04. The highest BCUT2D eigenvalue weighted by Crippen LogP contribution is 2.15. The summed E-state index contributed by atoms with van der Waals surface area (Å²) in [5.41, 5.74) is -0.0362. The van der Waals surface area contributed by atoms with Crippen LogP contribution in [0.25, 0.3) is 0 Å². The molecule has 0 aliphatic rings. The fourth-order valence-electron chi connectivity index (χ4n) is 1.49. The monoisotopic (exact) mass is 286 g/mol. The minimum absolute atomic E-state index is 0.0362. The summed E-state index contributed by atoms with van der Waals surface area (Å²) in [6, 6.07) is 5.55. The van der Waals surface area contributed by atoms with Crippen molar-refractivity contribution in [3.63, 3.8) is 0 Å². The zero-order valence-electron chi connectivity index (χ0n) is 10.7. The Kier molecular flexibility index (Phi) is 6.61. The first-order valence-corrected chi connectivity index (χ1v) is 7.38. The molecule has 0 heterocycles. The third kappa shape index (κ3) is 5.46. The minimum Gasteiger partial charge on any atom is -0.391 e. The number of aliphatic hydroxyl groups is 1. The van der Waals surface area contributed by atoms with Gasteiger partial charge < -0.3 is 10.4 Å². The molecule has 1 rings (SSSR count). The molecule has 0 amide bonds. The Labute approximate surface area is 114 Å². The number of nitro benzene ring substituents is 1. The molecule has 2 unspecified atom stereocenters. The molecular formula is C12H18N2O4S. The van der Waals surface area contributed by atoms with Gasteiger partial charge in [-0.2, -0.15) is 0 Å². The molecule has 0 radical (unpaired) electrons. The maximum absolute atomic E-state index is 11.9. The van der Waals surface area contributed by atoms with E-state index < -0.39 is 21.8 Å². The summed E-state index contributed by atoms with van der Waals surface area (Å²) in [4.78, 5) is 10.5. The lowest BCUT2D eigenvalue weighted by Gasteiger charge is -2.11. The van der Waals surface area contributed by atoms with E-state index in [1.165, 1.54) is 24.3 Å². The van der Waals surface area contributed by atoms with Crippen LogP contribution in [0.15, 0.2) is 29.2 Å². The van der Waals surface area contributed by atoms with Crippen molar-refractivity contribution in [3.8, 4) is 0 Å². The average molecular weight is 286 g/mol. The molecule has 7 heteroatoms. The SMILES string of the molecule is CCCNCC(O)CS(=O)c1ccc([N+](=O)[O-])cc1. The van der Waals surface area contributed by atoms with Gasteiger partial charge in [-0.1, -0.05) is 6.92 Å². The normalized spacial score (nSPS) is 14.0. The van der Waals surface area contributed by atoms with Gasteiger partial charge in [-0.25, -0.2) is 0 Å². The van der Waals surface area contributed by atoms with Crippen molar-refractivity contribution in [3.05, 3.63) is 34.4 Å². The van der Waals surface area contributed by atoms with Gasteiger partial charge >= 0.3 is 0 Å². The molecule has 0 spiro atoms. The van der Waals surface area contributed by atoms with Gasteiger partial charge in [0.05, 0.1) is 27.6 Å². The minimum atomic E-state index is -1.35. The number of aliphatic hydroxyl groups excluding tert-OH is 1. The van der Waals surface area contributed by atoms with Gasteiger partial charge in [0, 0.05) is 23.6 Å². The highest BCUT2D eigenvalue weighted by atomic mass is 32.2. The second-order valence-electron chi connectivity index (χ2n) is 4.12. The van der Waals surface area contributed by atoms with E-state index in [0.29, 0.717) is 11.4 Å². The molecule has 0 saturated carbocycles. The highest BCUT2D eigenvalue weighted by Gasteiger charge is 2.12. The van der Waals surface area contributed by atoms with Gasteiger partial charge in [-0.3, -0.25) is 14.3 Å². The van der Waals surface area contributed by atoms with Gasteiger partial charge in [0.15, 0.2) is 0 Å². The third-order valence-corrected chi connectivity index (χ3v) is 3.95. The fraction of sp³-hybridized carbons (Fsp3) is 0.500. The Morgan fingerprint density at radius 3 is 2.58 bits per heavy atom. The number of hydrogen-bond donors (Lipinski definition) is 2. The first-order valence-electron chi connectivity index (χ1n) is 6.06. The summed E-state index contributed by atoms with van der Waals surface area (Å²) in [5.74, 6) is 0.120. The molecule has 1 aromatic rings. The molecular weight excluding hydrogens is 268 g/mol. The van der Waals surface area contributed by atoms with Gasteiger partial charge in [0.1, 0.15) is 0 Å². The van der Waals surface area contributed by atoms with Crippen LogP contribution in [0.2, 0.25) is 0 Å². The van der Waals surface area contributed by atoms with E-state index in [2.05, 4.69) is 5.32 Å². The van der Waals surface area contributed by atoms with Crippen LogP contribution in [0.4, 0.5) is 5.69 Å². The van der Waals surface area contributed by atoms with Crippen LogP contribution < -0.4 is 5.32 Å². The van der Waals surface area contributed by atoms with Crippen LogP contribution in [0.3, 0.4) is 0 Å². The quantitative estimate of drug-likeness (QED) is 0.423. The van der Waals surface area contributed by atoms with E-state index in [1.54, 1.807) is 0 Å². The van der Waals surface area contributed by atoms with Crippen LogP contribution in [-0.4, -0.2) is 39.2 Å². The van der Waals surface area contributed by atoms with E-state index in [-0.39, 0.29) is 11.4 Å². The fourth-order valence-corrected chi connectivity index (χ4v) is 2.59. The first kappa shape index (κ1) is 15.7.